The molecule has 0 aliphatic carbocycles. The van der Waals surface area contributed by atoms with Gasteiger partial charge in [0.1, 0.15) is 0 Å². The summed E-state index contributed by atoms with van der Waals surface area (Å²) in [5, 5.41) is 16.7. The van der Waals surface area contributed by atoms with E-state index in [0.29, 0.717) is 19.3 Å². The maximum atomic E-state index is 9.68. The quantitative estimate of drug-likeness (QED) is 0.477. The normalized spacial score (nSPS) is 9.00. The van der Waals surface area contributed by atoms with E-state index in [1.165, 1.54) is 0 Å². The van der Waals surface area contributed by atoms with Gasteiger partial charge < -0.3 is 10.2 Å². The SMILES string of the molecule is CC(C)(CO)CO.CCC(=O)S.CCC(=O)S.CCC(=O)S. The molecule has 5 nitrogen and oxygen atoms in total. The van der Waals surface area contributed by atoms with Crippen LogP contribution in [0.15, 0.2) is 0 Å². The molecule has 0 aliphatic heterocycles. The molecule has 0 amide bonds. The Kier molecular flexibility index (Phi) is 28.5. The largest absolute Gasteiger partial charge is 0.396 e. The zero-order chi connectivity index (χ0) is 18.8. The molecule has 0 spiro atoms. The van der Waals surface area contributed by atoms with Crippen LogP contribution in [0.5, 0.6) is 0 Å². The number of hydrogen-bond acceptors (Lipinski definition) is 5. The third-order valence-electron chi connectivity index (χ3n) is 1.76. The van der Waals surface area contributed by atoms with Crippen molar-refractivity contribution in [3.63, 3.8) is 0 Å². The average molecular weight is 375 g/mol. The van der Waals surface area contributed by atoms with Crippen LogP contribution in [0.1, 0.15) is 53.9 Å². The van der Waals surface area contributed by atoms with Crippen LogP contribution in [0.3, 0.4) is 0 Å². The van der Waals surface area contributed by atoms with Gasteiger partial charge in [-0.05, 0) is 0 Å². The summed E-state index contributed by atoms with van der Waals surface area (Å²) in [5.41, 5.74) is -0.306. The molecule has 0 fully saturated rings. The van der Waals surface area contributed by atoms with Gasteiger partial charge in [-0.1, -0.05) is 34.6 Å². The van der Waals surface area contributed by atoms with Crippen LogP contribution in [-0.2, 0) is 14.4 Å². The van der Waals surface area contributed by atoms with Crippen LogP contribution in [0, 0.1) is 5.41 Å². The van der Waals surface area contributed by atoms with Crippen molar-refractivity contribution in [1.82, 2.24) is 0 Å². The fourth-order valence-electron chi connectivity index (χ4n) is 0.0500. The summed E-state index contributed by atoms with van der Waals surface area (Å²) in [5.74, 6) is 0. The van der Waals surface area contributed by atoms with Gasteiger partial charge in [0, 0.05) is 24.7 Å². The van der Waals surface area contributed by atoms with E-state index in [1.807, 2.05) is 0 Å². The molecule has 0 rings (SSSR count). The van der Waals surface area contributed by atoms with Crippen LogP contribution < -0.4 is 0 Å². The van der Waals surface area contributed by atoms with E-state index >= 15 is 0 Å². The van der Waals surface area contributed by atoms with Gasteiger partial charge in [-0.25, -0.2) is 0 Å². The highest BCUT2D eigenvalue weighted by Crippen LogP contribution is 2.10. The molecule has 8 heteroatoms. The average Bonchev–Trinajstić information content (AvgIpc) is 2.48. The molecule has 0 aliphatic rings. The molecule has 0 atom stereocenters. The highest BCUT2D eigenvalue weighted by atomic mass is 32.1. The topological polar surface area (TPSA) is 91.7 Å². The molecule has 0 heterocycles. The first kappa shape index (κ1) is 29.9. The molecule has 134 valence electrons. The Morgan fingerprint density at radius 1 is 0.727 bits per heavy atom. The summed E-state index contributed by atoms with van der Waals surface area (Å²) in [6, 6.07) is 0. The van der Waals surface area contributed by atoms with Crippen molar-refractivity contribution in [3.8, 4) is 0 Å². The standard InChI is InChI=1S/C5H12O2.3C3H6OS/c1-5(2,3-6)4-7;3*1-2-3(4)5/h6-7H,3-4H2,1-2H3;3*2H2,1H3,(H,4,5). The highest BCUT2D eigenvalue weighted by molar-refractivity contribution is 7.97. The molecule has 22 heavy (non-hydrogen) atoms. The highest BCUT2D eigenvalue weighted by Gasteiger charge is 2.13. The van der Waals surface area contributed by atoms with E-state index in [9.17, 15) is 14.4 Å². The van der Waals surface area contributed by atoms with Gasteiger partial charge >= 0.3 is 0 Å². The predicted molar refractivity (Wildman–Crippen MR) is 101 cm³/mol. The van der Waals surface area contributed by atoms with Crippen molar-refractivity contribution in [2.75, 3.05) is 13.2 Å². The minimum Gasteiger partial charge on any atom is -0.396 e. The van der Waals surface area contributed by atoms with Crippen molar-refractivity contribution >= 4 is 53.2 Å². The number of hydrogen-bond donors (Lipinski definition) is 5. The van der Waals surface area contributed by atoms with Gasteiger partial charge in [-0.15, -0.1) is 37.9 Å². The Morgan fingerprint density at radius 3 is 0.864 bits per heavy atom. The molecule has 2 N–H and O–H groups in total. The second-order valence-corrected chi connectivity index (χ2v) is 6.22. The molecular formula is C14H30O5S3. The summed E-state index contributed by atoms with van der Waals surface area (Å²) in [6.45, 7) is 9.01. The second-order valence-electron chi connectivity index (χ2n) is 4.72. The zero-order valence-corrected chi connectivity index (χ0v) is 16.7. The van der Waals surface area contributed by atoms with Gasteiger partial charge in [0.05, 0.1) is 13.2 Å². The first-order valence-corrected chi connectivity index (χ1v) is 8.15. The van der Waals surface area contributed by atoms with Crippen molar-refractivity contribution in [2.45, 2.75) is 53.9 Å². The van der Waals surface area contributed by atoms with Gasteiger partial charge in [0.15, 0.2) is 15.3 Å². The third-order valence-corrected chi connectivity index (χ3v) is 2.71. The van der Waals surface area contributed by atoms with Crippen LogP contribution in [0.4, 0.5) is 0 Å². The van der Waals surface area contributed by atoms with E-state index in [1.54, 1.807) is 34.6 Å². The molecule has 0 aromatic rings. The van der Waals surface area contributed by atoms with Gasteiger partial charge in [-0.3, -0.25) is 14.4 Å². The first-order valence-electron chi connectivity index (χ1n) is 6.80. The lowest BCUT2D eigenvalue weighted by Gasteiger charge is -2.16. The Hall–Kier alpha value is -0.0200. The molecule has 0 saturated carbocycles. The number of thiol groups is 3. The smallest absolute Gasteiger partial charge is 0.185 e. The first-order chi connectivity index (χ1) is 9.93. The van der Waals surface area contributed by atoms with E-state index < -0.39 is 0 Å². The molecule has 0 bridgehead atoms. The van der Waals surface area contributed by atoms with Gasteiger partial charge in [0.25, 0.3) is 0 Å². The molecule has 0 radical (unpaired) electrons. The fraction of sp³-hybridized carbons (Fsp3) is 0.786. The Labute approximate surface area is 150 Å². The summed E-state index contributed by atoms with van der Waals surface area (Å²) >= 11 is 10.4. The molecule has 0 aromatic heterocycles. The molecule has 0 unspecified atom stereocenters. The fourth-order valence-corrected chi connectivity index (χ4v) is 0.0500. The molecule has 0 aromatic carbocycles. The third kappa shape index (κ3) is 50.2. The lowest BCUT2D eigenvalue weighted by Crippen LogP contribution is -2.20. The second kappa shape index (κ2) is 21.0. The van der Waals surface area contributed by atoms with Crippen molar-refractivity contribution in [2.24, 2.45) is 5.41 Å². The van der Waals surface area contributed by atoms with E-state index in [2.05, 4.69) is 37.9 Å². The minimum atomic E-state index is -0.306. The van der Waals surface area contributed by atoms with E-state index in [0.717, 1.165) is 0 Å². The van der Waals surface area contributed by atoms with Gasteiger partial charge in [0.2, 0.25) is 0 Å². The number of carbonyl (C=O) groups is 3. The lowest BCUT2D eigenvalue weighted by molar-refractivity contribution is -0.111. The lowest BCUT2D eigenvalue weighted by atomic mass is 9.97. The van der Waals surface area contributed by atoms with Crippen molar-refractivity contribution in [1.29, 1.82) is 0 Å². The summed E-state index contributed by atoms with van der Waals surface area (Å²) in [6.07, 6.45) is 1.59. The monoisotopic (exact) mass is 374 g/mol. The van der Waals surface area contributed by atoms with Crippen LogP contribution >= 0.6 is 37.9 Å². The minimum absolute atomic E-state index is 0.0451. The van der Waals surface area contributed by atoms with Gasteiger partial charge in [-0.2, -0.15) is 0 Å². The maximum absolute atomic E-state index is 9.68. The Morgan fingerprint density at radius 2 is 0.864 bits per heavy atom. The Balaban J connectivity index is -0.0000000995. The maximum Gasteiger partial charge on any atom is 0.185 e. The summed E-state index contributed by atoms with van der Waals surface area (Å²) in [4.78, 5) is 29.0. The van der Waals surface area contributed by atoms with Crippen LogP contribution in [-0.4, -0.2) is 38.8 Å². The zero-order valence-electron chi connectivity index (χ0n) is 14.0. The van der Waals surface area contributed by atoms with Crippen molar-refractivity contribution in [3.05, 3.63) is 0 Å². The van der Waals surface area contributed by atoms with Crippen molar-refractivity contribution < 1.29 is 24.6 Å². The van der Waals surface area contributed by atoms with Crippen LogP contribution in [0.2, 0.25) is 0 Å². The number of aliphatic hydroxyl groups is 2. The van der Waals surface area contributed by atoms with Crippen LogP contribution in [0.25, 0.3) is 0 Å². The molecular weight excluding hydrogens is 344 g/mol. The number of rotatable bonds is 5. The Bertz CT molecular complexity index is 255. The van der Waals surface area contributed by atoms with E-state index in [4.69, 9.17) is 10.2 Å². The summed E-state index contributed by atoms with van der Waals surface area (Å²) < 4.78 is 0. The summed E-state index contributed by atoms with van der Waals surface area (Å²) in [7, 11) is 0. The number of aliphatic hydroxyl groups excluding tert-OH is 2. The van der Waals surface area contributed by atoms with E-state index in [-0.39, 0.29) is 34.0 Å². The molecule has 0 saturated heterocycles. The number of carbonyl (C=O) groups excluding carboxylic acids is 3. The predicted octanol–water partition coefficient (Wildman–Crippen LogP) is 2.56.